The molecule has 0 atom stereocenters. The number of hydrazone groups is 1. The topological polar surface area (TPSA) is 18.8 Å². The Hall–Kier alpha value is -2.03. The van der Waals surface area contributed by atoms with Crippen LogP contribution in [0.4, 0.5) is 0 Å². The Morgan fingerprint density at radius 2 is 2.00 bits per heavy atom. The third-order valence-corrected chi connectivity index (χ3v) is 2.15. The van der Waals surface area contributed by atoms with E-state index in [4.69, 9.17) is 0 Å². The average Bonchev–Trinajstić information content (AvgIpc) is 2.42. The van der Waals surface area contributed by atoms with Crippen LogP contribution in [0.2, 0.25) is 0 Å². The molecule has 0 spiro atoms. The van der Waals surface area contributed by atoms with E-state index in [1.54, 1.807) is 5.12 Å². The number of nitrogens with zero attached hydrogens (tertiary/aromatic N) is 3. The number of fused-ring (bicyclic) bond motifs is 3. The molecule has 14 heavy (non-hydrogen) atoms. The molecule has 2 aliphatic heterocycles. The van der Waals surface area contributed by atoms with Crippen molar-refractivity contribution >= 4 is 5.71 Å². The first kappa shape index (κ1) is 7.38. The molecule has 1 radical (unpaired) electrons. The second-order valence-corrected chi connectivity index (χ2v) is 3.04. The molecule has 3 aliphatic rings. The maximum absolute atomic E-state index is 4.38. The van der Waals surface area contributed by atoms with Gasteiger partial charge in [-0.3, -0.25) is 0 Å². The standard InChI is InChI=1S/C11H8N3/c1-2-6-10-11(7-3-1)13-8-4-5-9-14(13)12-10/h1-5,7-9H. The van der Waals surface area contributed by atoms with E-state index < -0.39 is 0 Å². The van der Waals surface area contributed by atoms with Crippen LogP contribution in [0.3, 0.4) is 0 Å². The zero-order chi connectivity index (χ0) is 9.38. The quantitative estimate of drug-likeness (QED) is 0.568. The zero-order valence-electron chi connectivity index (χ0n) is 7.46. The van der Waals surface area contributed by atoms with Gasteiger partial charge in [0.2, 0.25) is 0 Å². The maximum atomic E-state index is 4.38. The average molecular weight is 182 g/mol. The van der Waals surface area contributed by atoms with Gasteiger partial charge in [0.15, 0.2) is 0 Å². The van der Waals surface area contributed by atoms with E-state index in [0.29, 0.717) is 0 Å². The van der Waals surface area contributed by atoms with Crippen molar-refractivity contribution in [2.75, 3.05) is 0 Å². The SMILES string of the molecule is [C]1=CC=CC=C2C1=NN1C=CC=CN21. The highest BCUT2D eigenvalue weighted by atomic mass is 15.8. The predicted octanol–water partition coefficient (Wildman–Crippen LogP) is 1.73. The fourth-order valence-electron chi connectivity index (χ4n) is 1.52. The Labute approximate surface area is 82.3 Å². The van der Waals surface area contributed by atoms with E-state index in [2.05, 4.69) is 11.2 Å². The summed E-state index contributed by atoms with van der Waals surface area (Å²) in [5.41, 5.74) is 1.92. The molecule has 0 N–H and O–H groups in total. The Bertz CT molecular complexity index is 435. The van der Waals surface area contributed by atoms with Gasteiger partial charge in [-0.25, -0.2) is 5.01 Å². The number of hydrogen-bond donors (Lipinski definition) is 0. The monoisotopic (exact) mass is 182 g/mol. The Kier molecular flexibility index (Phi) is 1.44. The van der Waals surface area contributed by atoms with Crippen LogP contribution in [-0.2, 0) is 0 Å². The molecule has 0 aromatic heterocycles. The van der Waals surface area contributed by atoms with Gasteiger partial charge in [0.25, 0.3) is 0 Å². The summed E-state index contributed by atoms with van der Waals surface area (Å²) in [7, 11) is 0. The highest BCUT2D eigenvalue weighted by Gasteiger charge is 2.25. The van der Waals surface area contributed by atoms with Crippen LogP contribution in [0, 0.1) is 6.08 Å². The molecule has 0 amide bonds. The maximum Gasteiger partial charge on any atom is 0.119 e. The van der Waals surface area contributed by atoms with Gasteiger partial charge in [0.05, 0.1) is 5.70 Å². The molecule has 0 saturated heterocycles. The first-order chi connectivity index (χ1) is 6.95. The third kappa shape index (κ3) is 0.956. The molecule has 0 saturated carbocycles. The van der Waals surface area contributed by atoms with Crippen LogP contribution < -0.4 is 0 Å². The van der Waals surface area contributed by atoms with Gasteiger partial charge < -0.3 is 0 Å². The summed E-state index contributed by atoms with van der Waals surface area (Å²) in [6, 6.07) is 0. The van der Waals surface area contributed by atoms with Gasteiger partial charge in [-0.15, -0.1) is 5.10 Å². The summed E-state index contributed by atoms with van der Waals surface area (Å²) >= 11 is 0. The minimum absolute atomic E-state index is 0.867. The Morgan fingerprint density at radius 3 is 3.00 bits per heavy atom. The molecule has 3 nitrogen and oxygen atoms in total. The van der Waals surface area contributed by atoms with Crippen molar-refractivity contribution in [2.45, 2.75) is 0 Å². The molecular weight excluding hydrogens is 174 g/mol. The number of hydrogen-bond acceptors (Lipinski definition) is 3. The number of allylic oxidation sites excluding steroid dienone is 7. The predicted molar refractivity (Wildman–Crippen MR) is 54.4 cm³/mol. The fourth-order valence-corrected chi connectivity index (χ4v) is 1.52. The van der Waals surface area contributed by atoms with Gasteiger partial charge in [-0.1, -0.05) is 18.2 Å². The van der Waals surface area contributed by atoms with Gasteiger partial charge in [-0.2, -0.15) is 5.12 Å². The van der Waals surface area contributed by atoms with Crippen molar-refractivity contribution < 1.29 is 0 Å². The van der Waals surface area contributed by atoms with E-state index in [9.17, 15) is 0 Å². The number of rotatable bonds is 0. The van der Waals surface area contributed by atoms with Crippen molar-refractivity contribution in [3.63, 3.8) is 0 Å². The van der Waals surface area contributed by atoms with Gasteiger partial charge >= 0.3 is 0 Å². The van der Waals surface area contributed by atoms with Gasteiger partial charge in [-0.05, 0) is 18.2 Å². The van der Waals surface area contributed by atoms with Crippen molar-refractivity contribution in [3.05, 3.63) is 60.6 Å². The fraction of sp³-hybridized carbons (Fsp3) is 0. The molecule has 67 valence electrons. The van der Waals surface area contributed by atoms with Crippen LogP contribution in [0.1, 0.15) is 0 Å². The van der Waals surface area contributed by atoms with E-state index >= 15 is 0 Å². The molecule has 0 unspecified atom stereocenters. The smallest absolute Gasteiger partial charge is 0.119 e. The molecule has 0 fully saturated rings. The lowest BCUT2D eigenvalue weighted by Gasteiger charge is -2.24. The normalized spacial score (nSPS) is 21.7. The third-order valence-electron chi connectivity index (χ3n) is 2.15. The first-order valence-corrected chi connectivity index (χ1v) is 4.44. The summed E-state index contributed by atoms with van der Waals surface area (Å²) < 4.78 is 0. The molecule has 2 heterocycles. The second-order valence-electron chi connectivity index (χ2n) is 3.04. The van der Waals surface area contributed by atoms with E-state index in [1.807, 2.05) is 53.9 Å². The Balaban J connectivity index is 2.09. The highest BCUT2D eigenvalue weighted by Crippen LogP contribution is 2.24. The number of hydrazine groups is 1. The summed E-state index contributed by atoms with van der Waals surface area (Å²) in [6.45, 7) is 0. The lowest BCUT2D eigenvalue weighted by molar-refractivity contribution is 0.146. The summed E-state index contributed by atoms with van der Waals surface area (Å²) in [4.78, 5) is 0. The first-order valence-electron chi connectivity index (χ1n) is 4.44. The molecule has 3 heteroatoms. The summed E-state index contributed by atoms with van der Waals surface area (Å²) in [6.07, 6.45) is 18.8. The van der Waals surface area contributed by atoms with Crippen LogP contribution in [-0.4, -0.2) is 15.8 Å². The summed E-state index contributed by atoms with van der Waals surface area (Å²) in [5, 5.41) is 8.15. The molecule has 0 aromatic rings. The van der Waals surface area contributed by atoms with Crippen molar-refractivity contribution in [1.82, 2.24) is 10.1 Å². The largest absolute Gasteiger partial charge is 0.239 e. The Morgan fingerprint density at radius 1 is 1.07 bits per heavy atom. The molecule has 1 aliphatic carbocycles. The minimum Gasteiger partial charge on any atom is -0.239 e. The highest BCUT2D eigenvalue weighted by molar-refractivity contribution is 6.06. The van der Waals surface area contributed by atoms with Gasteiger partial charge in [0.1, 0.15) is 5.71 Å². The van der Waals surface area contributed by atoms with Crippen LogP contribution in [0.25, 0.3) is 0 Å². The molecule has 3 rings (SSSR count). The molecular formula is C11H8N3. The lowest BCUT2D eigenvalue weighted by atomic mass is 10.2. The molecule has 0 aromatic carbocycles. The van der Waals surface area contributed by atoms with Crippen molar-refractivity contribution in [1.29, 1.82) is 0 Å². The van der Waals surface area contributed by atoms with E-state index in [0.717, 1.165) is 11.4 Å². The van der Waals surface area contributed by atoms with Crippen molar-refractivity contribution in [2.24, 2.45) is 5.10 Å². The zero-order valence-corrected chi connectivity index (χ0v) is 7.46. The van der Waals surface area contributed by atoms with E-state index in [1.165, 1.54) is 0 Å². The van der Waals surface area contributed by atoms with Crippen LogP contribution >= 0.6 is 0 Å². The van der Waals surface area contributed by atoms with Crippen molar-refractivity contribution in [3.8, 4) is 0 Å². The molecule has 0 bridgehead atoms. The van der Waals surface area contributed by atoms with E-state index in [-0.39, 0.29) is 0 Å². The van der Waals surface area contributed by atoms with Crippen LogP contribution in [0.5, 0.6) is 0 Å². The van der Waals surface area contributed by atoms with Crippen LogP contribution in [0.15, 0.2) is 59.7 Å². The minimum atomic E-state index is 0.867. The second kappa shape index (κ2) is 2.73. The summed E-state index contributed by atoms with van der Waals surface area (Å²) in [5.74, 6) is 0. The van der Waals surface area contributed by atoms with Gasteiger partial charge in [0, 0.05) is 18.5 Å². The lowest BCUT2D eigenvalue weighted by Crippen LogP contribution is -2.26.